The molecule has 2 heterocycles. The van der Waals surface area contributed by atoms with Crippen LogP contribution in [0.2, 0.25) is 0 Å². The lowest BCUT2D eigenvalue weighted by Gasteiger charge is -2.06. The maximum absolute atomic E-state index is 12.7. The third-order valence-corrected chi connectivity index (χ3v) is 4.18. The van der Waals surface area contributed by atoms with Crippen molar-refractivity contribution in [1.29, 1.82) is 0 Å². The Hall–Kier alpha value is -4.54. The molecule has 0 spiro atoms. The van der Waals surface area contributed by atoms with Gasteiger partial charge in [-0.25, -0.2) is 10.1 Å². The molecule has 4 rings (SSSR count). The van der Waals surface area contributed by atoms with E-state index in [2.05, 4.69) is 35.8 Å². The van der Waals surface area contributed by atoms with Crippen molar-refractivity contribution in [2.75, 3.05) is 5.73 Å². The number of carbonyl (C=O) groups excluding carboxylic acids is 1. The van der Waals surface area contributed by atoms with Gasteiger partial charge in [0.05, 0.1) is 6.21 Å². The summed E-state index contributed by atoms with van der Waals surface area (Å²) >= 11 is 0. The summed E-state index contributed by atoms with van der Waals surface area (Å²) in [4.78, 5) is 12.7. The highest BCUT2D eigenvalue weighted by atomic mass is 16.6. The van der Waals surface area contributed by atoms with Gasteiger partial charge in [-0.15, -0.1) is 5.10 Å². The average molecular weight is 404 g/mol. The molecule has 2 aromatic heterocycles. The minimum absolute atomic E-state index is 0.00516. The Bertz CT molecular complexity index is 1210. The van der Waals surface area contributed by atoms with Gasteiger partial charge in [0.25, 0.3) is 5.91 Å². The first kappa shape index (κ1) is 18.8. The van der Waals surface area contributed by atoms with Crippen molar-refractivity contribution in [2.24, 2.45) is 5.10 Å². The zero-order valence-electron chi connectivity index (χ0n) is 15.7. The van der Waals surface area contributed by atoms with Crippen LogP contribution >= 0.6 is 0 Å². The van der Waals surface area contributed by atoms with Crippen LogP contribution in [0, 0.1) is 6.92 Å². The molecule has 0 fully saturated rings. The first-order chi connectivity index (χ1) is 14.5. The first-order valence-corrected chi connectivity index (χ1v) is 8.76. The number of carbonyl (C=O) groups is 1. The zero-order valence-corrected chi connectivity index (χ0v) is 15.7. The Morgan fingerprint density at radius 1 is 1.17 bits per heavy atom. The zero-order chi connectivity index (χ0) is 21.1. The molecule has 11 nitrogen and oxygen atoms in total. The minimum Gasteiger partial charge on any atom is -0.508 e. The molecule has 0 atom stereocenters. The van der Waals surface area contributed by atoms with Crippen LogP contribution in [0.3, 0.4) is 0 Å². The summed E-state index contributed by atoms with van der Waals surface area (Å²) in [5.41, 5.74) is 11.0. The van der Waals surface area contributed by atoms with E-state index in [0.29, 0.717) is 16.8 Å². The van der Waals surface area contributed by atoms with E-state index in [4.69, 9.17) is 5.73 Å². The van der Waals surface area contributed by atoms with E-state index >= 15 is 0 Å². The largest absolute Gasteiger partial charge is 0.508 e. The number of hydrogen-bond acceptors (Lipinski definition) is 9. The van der Waals surface area contributed by atoms with Crippen LogP contribution in [-0.2, 0) is 0 Å². The van der Waals surface area contributed by atoms with Crippen LogP contribution in [-0.4, -0.2) is 42.5 Å². The Kier molecular flexibility index (Phi) is 4.91. The van der Waals surface area contributed by atoms with E-state index in [1.165, 1.54) is 23.0 Å². The molecule has 4 N–H and O–H groups in total. The summed E-state index contributed by atoms with van der Waals surface area (Å²) in [6, 6.07) is 13.8. The lowest BCUT2D eigenvalue weighted by molar-refractivity contribution is 0.0950. The SMILES string of the molecule is Cc1ccc(-c2c(C(=O)NN=Cc3ccc(O)cc3)nnn2-c2nonc2N)cc1. The van der Waals surface area contributed by atoms with Gasteiger partial charge < -0.3 is 10.8 Å². The smallest absolute Gasteiger partial charge is 0.294 e. The average Bonchev–Trinajstić information content (AvgIpc) is 3.36. The summed E-state index contributed by atoms with van der Waals surface area (Å²) in [6.07, 6.45) is 1.44. The quantitative estimate of drug-likeness (QED) is 0.335. The summed E-state index contributed by atoms with van der Waals surface area (Å²) in [7, 11) is 0. The number of hydrogen-bond donors (Lipinski definition) is 3. The first-order valence-electron chi connectivity index (χ1n) is 8.76. The molecule has 0 aliphatic rings. The van der Waals surface area contributed by atoms with E-state index in [0.717, 1.165) is 5.56 Å². The predicted molar refractivity (Wildman–Crippen MR) is 107 cm³/mol. The molecule has 11 heteroatoms. The third kappa shape index (κ3) is 3.71. The summed E-state index contributed by atoms with van der Waals surface area (Å²) in [5, 5.41) is 28.5. The maximum Gasteiger partial charge on any atom is 0.294 e. The van der Waals surface area contributed by atoms with E-state index in [1.54, 1.807) is 12.1 Å². The van der Waals surface area contributed by atoms with E-state index in [9.17, 15) is 9.90 Å². The van der Waals surface area contributed by atoms with Gasteiger partial charge in [0.15, 0.2) is 5.69 Å². The normalized spacial score (nSPS) is 11.1. The van der Waals surface area contributed by atoms with Crippen LogP contribution in [0.1, 0.15) is 21.6 Å². The van der Waals surface area contributed by atoms with Gasteiger partial charge in [0.2, 0.25) is 11.6 Å². The van der Waals surface area contributed by atoms with Crippen LogP contribution < -0.4 is 11.2 Å². The Labute approximate surface area is 169 Å². The number of nitrogens with zero attached hydrogens (tertiary/aromatic N) is 6. The fourth-order valence-electron chi connectivity index (χ4n) is 2.67. The van der Waals surface area contributed by atoms with Gasteiger partial charge in [0, 0.05) is 5.56 Å². The molecule has 0 saturated heterocycles. The number of nitrogen functional groups attached to an aromatic ring is 1. The summed E-state index contributed by atoms with van der Waals surface area (Å²) in [5.74, 6) is -0.325. The van der Waals surface area contributed by atoms with Gasteiger partial charge in [-0.05, 0) is 47.1 Å². The molecule has 0 saturated carbocycles. The van der Waals surface area contributed by atoms with E-state index in [1.807, 2.05) is 31.2 Å². The maximum atomic E-state index is 12.7. The number of aromatic hydroxyl groups is 1. The van der Waals surface area contributed by atoms with Crippen molar-refractivity contribution in [3.05, 3.63) is 65.4 Å². The fourth-order valence-corrected chi connectivity index (χ4v) is 2.67. The number of aromatic nitrogens is 5. The van der Waals surface area contributed by atoms with Crippen LogP contribution in [0.5, 0.6) is 5.75 Å². The van der Waals surface area contributed by atoms with Gasteiger partial charge >= 0.3 is 0 Å². The van der Waals surface area contributed by atoms with Crippen molar-refractivity contribution in [1.82, 2.24) is 30.7 Å². The van der Waals surface area contributed by atoms with E-state index < -0.39 is 5.91 Å². The molecular weight excluding hydrogens is 388 g/mol. The number of hydrazone groups is 1. The number of anilines is 1. The Morgan fingerprint density at radius 2 is 1.90 bits per heavy atom. The highest BCUT2D eigenvalue weighted by Crippen LogP contribution is 2.26. The monoisotopic (exact) mass is 404 g/mol. The van der Waals surface area contributed by atoms with Crippen molar-refractivity contribution in [3.63, 3.8) is 0 Å². The van der Waals surface area contributed by atoms with E-state index in [-0.39, 0.29) is 23.1 Å². The number of benzene rings is 2. The van der Waals surface area contributed by atoms with Gasteiger partial charge in [0.1, 0.15) is 11.4 Å². The Morgan fingerprint density at radius 3 is 2.57 bits per heavy atom. The third-order valence-electron chi connectivity index (χ3n) is 4.18. The summed E-state index contributed by atoms with van der Waals surface area (Å²) in [6.45, 7) is 1.95. The molecule has 0 bridgehead atoms. The molecule has 0 radical (unpaired) electrons. The van der Waals surface area contributed by atoms with Crippen LogP contribution in [0.4, 0.5) is 5.82 Å². The second kappa shape index (κ2) is 7.83. The lowest BCUT2D eigenvalue weighted by atomic mass is 10.1. The van der Waals surface area contributed by atoms with Gasteiger partial charge in [-0.1, -0.05) is 35.0 Å². The van der Waals surface area contributed by atoms with Crippen molar-refractivity contribution >= 4 is 17.9 Å². The van der Waals surface area contributed by atoms with Crippen molar-refractivity contribution < 1.29 is 14.5 Å². The van der Waals surface area contributed by atoms with Crippen LogP contribution in [0.15, 0.2) is 58.3 Å². The molecule has 30 heavy (non-hydrogen) atoms. The number of aryl methyl sites for hydroxylation is 1. The molecule has 0 aliphatic heterocycles. The molecule has 0 unspecified atom stereocenters. The second-order valence-electron chi connectivity index (χ2n) is 6.33. The number of nitrogens with one attached hydrogen (secondary N) is 1. The molecular formula is C19H16N8O3. The standard InChI is InChI=1S/C19H16N8O3/c1-11-2-6-13(7-3-11)16-15(22-26-27(16)18-17(20)24-30-25-18)19(29)23-21-10-12-4-8-14(28)9-5-12/h2-10,28H,1H3,(H2,20,24)(H,23,29). The number of phenolic OH excluding ortho intramolecular Hbond substituents is 1. The number of nitrogens with two attached hydrogens (primary N) is 1. The van der Waals surface area contributed by atoms with Gasteiger partial charge in [-0.2, -0.15) is 9.78 Å². The minimum atomic E-state index is -0.582. The lowest BCUT2D eigenvalue weighted by Crippen LogP contribution is -2.19. The Balaban J connectivity index is 1.68. The number of amides is 1. The fraction of sp³-hybridized carbons (Fsp3) is 0.0526. The molecule has 4 aromatic rings. The topological polar surface area (TPSA) is 157 Å². The number of phenols is 1. The van der Waals surface area contributed by atoms with Gasteiger partial charge in [-0.3, -0.25) is 4.79 Å². The molecule has 150 valence electrons. The molecule has 2 aromatic carbocycles. The highest BCUT2D eigenvalue weighted by molar-refractivity contribution is 5.98. The van der Waals surface area contributed by atoms with Crippen molar-refractivity contribution in [3.8, 4) is 22.8 Å². The molecule has 1 amide bonds. The summed E-state index contributed by atoms with van der Waals surface area (Å²) < 4.78 is 5.93. The van der Waals surface area contributed by atoms with Crippen molar-refractivity contribution in [2.45, 2.75) is 6.92 Å². The predicted octanol–water partition coefficient (Wildman–Crippen LogP) is 1.68. The van der Waals surface area contributed by atoms with Crippen LogP contribution in [0.25, 0.3) is 17.1 Å². The number of rotatable bonds is 5. The molecule has 0 aliphatic carbocycles. The highest BCUT2D eigenvalue weighted by Gasteiger charge is 2.25. The second-order valence-corrected chi connectivity index (χ2v) is 6.33.